The number of anilines is 1. The van der Waals surface area contributed by atoms with Gasteiger partial charge < -0.3 is 15.2 Å². The van der Waals surface area contributed by atoms with E-state index in [1.54, 1.807) is 19.4 Å². The van der Waals surface area contributed by atoms with E-state index in [4.69, 9.17) is 5.11 Å². The molecule has 10 heteroatoms. The minimum atomic E-state index is -3.72. The third-order valence-electron chi connectivity index (χ3n) is 4.32. The molecule has 0 radical (unpaired) electrons. The Labute approximate surface area is 187 Å². The molecule has 2 aromatic heterocycles. The van der Waals surface area contributed by atoms with E-state index in [1.807, 2.05) is 12.1 Å². The van der Waals surface area contributed by atoms with Crippen LogP contribution in [-0.4, -0.2) is 34.8 Å². The average Bonchev–Trinajstić information content (AvgIpc) is 2.82. The molecule has 0 aliphatic heterocycles. The maximum atomic E-state index is 13.3. The van der Waals surface area contributed by atoms with Crippen molar-refractivity contribution in [2.24, 2.45) is 0 Å². The van der Waals surface area contributed by atoms with Gasteiger partial charge in [-0.05, 0) is 29.3 Å². The van der Waals surface area contributed by atoms with E-state index < -0.39 is 12.7 Å². The fourth-order valence-corrected chi connectivity index (χ4v) is 3.80. The van der Waals surface area contributed by atoms with Crippen molar-refractivity contribution < 1.29 is 18.6 Å². The van der Waals surface area contributed by atoms with Gasteiger partial charge in [0.1, 0.15) is 40.9 Å². The molecule has 0 aliphatic rings. The first-order valence-corrected chi connectivity index (χ1v) is 10.3. The van der Waals surface area contributed by atoms with Crippen LogP contribution in [0.5, 0.6) is 5.75 Å². The highest BCUT2D eigenvalue weighted by Gasteiger charge is 2.30. The van der Waals surface area contributed by atoms with Gasteiger partial charge in [0.25, 0.3) is 0 Å². The molecule has 0 saturated heterocycles. The van der Waals surface area contributed by atoms with E-state index in [9.17, 15) is 19.3 Å². The van der Waals surface area contributed by atoms with Gasteiger partial charge >= 0.3 is 6.11 Å². The molecule has 3 rings (SSSR count). The first-order valence-electron chi connectivity index (χ1n) is 9.28. The maximum absolute atomic E-state index is 13.3. The molecule has 0 fully saturated rings. The molecule has 0 unspecified atom stereocenters. The molecule has 0 saturated carbocycles. The molecule has 0 spiro atoms. The fourth-order valence-electron chi connectivity index (χ4n) is 2.88. The quantitative estimate of drug-likeness (QED) is 0.488. The number of rotatable bonds is 8. The van der Waals surface area contributed by atoms with E-state index in [0.717, 1.165) is 5.56 Å². The number of nitriles is 2. The third-order valence-corrected chi connectivity index (χ3v) is 5.36. The Hall–Kier alpha value is -3.73. The molecule has 0 bridgehead atoms. The lowest BCUT2D eigenvalue weighted by Gasteiger charge is -2.17. The number of halogens is 2. The summed E-state index contributed by atoms with van der Waals surface area (Å²) in [5, 5.41) is 31.6. The van der Waals surface area contributed by atoms with Crippen LogP contribution in [0, 0.1) is 22.7 Å². The van der Waals surface area contributed by atoms with Gasteiger partial charge in [-0.2, -0.15) is 19.3 Å². The highest BCUT2D eigenvalue weighted by molar-refractivity contribution is 7.98. The number of nitrogens with one attached hydrogen (secondary N) is 1. The van der Waals surface area contributed by atoms with E-state index in [0.29, 0.717) is 27.7 Å². The number of benzene rings is 1. The molecule has 2 heterocycles. The monoisotopic (exact) mass is 453 g/mol. The number of thioether (sulfide) groups is 1. The van der Waals surface area contributed by atoms with E-state index in [-0.39, 0.29) is 16.9 Å². The SMILES string of the molecule is CNc1nc(SCc2cccnc2)c(C#N)c(-c2ccc(OC(F)(F)CO)cc2)c1C#N. The Morgan fingerprint density at radius 1 is 1.16 bits per heavy atom. The van der Waals surface area contributed by atoms with Crippen LogP contribution in [0.2, 0.25) is 0 Å². The predicted octanol–water partition coefficient (Wildman–Crippen LogP) is 4.18. The summed E-state index contributed by atoms with van der Waals surface area (Å²) in [6, 6.07) is 13.4. The zero-order chi connectivity index (χ0) is 23.1. The number of aliphatic hydroxyl groups is 1. The minimum absolute atomic E-state index is 0.157. The zero-order valence-electron chi connectivity index (χ0n) is 16.8. The summed E-state index contributed by atoms with van der Waals surface area (Å²) in [6.07, 6.45) is -0.345. The van der Waals surface area contributed by atoms with Gasteiger partial charge in [0, 0.05) is 30.8 Å². The lowest BCUT2D eigenvalue weighted by atomic mass is 9.96. The molecular weight excluding hydrogens is 436 g/mol. The fraction of sp³-hybridized carbons (Fsp3) is 0.182. The minimum Gasteiger partial charge on any atom is -0.431 e. The van der Waals surface area contributed by atoms with Gasteiger partial charge in [0.05, 0.1) is 5.56 Å². The number of hydrogen-bond donors (Lipinski definition) is 2. The molecule has 7 nitrogen and oxygen atoms in total. The van der Waals surface area contributed by atoms with Crippen LogP contribution in [0.15, 0.2) is 53.8 Å². The lowest BCUT2D eigenvalue weighted by Crippen LogP contribution is -2.28. The number of aromatic nitrogens is 2. The number of hydrogen-bond acceptors (Lipinski definition) is 8. The van der Waals surface area contributed by atoms with Gasteiger partial charge in [-0.25, -0.2) is 4.98 Å². The Morgan fingerprint density at radius 2 is 1.88 bits per heavy atom. The lowest BCUT2D eigenvalue weighted by molar-refractivity contribution is -0.200. The molecule has 32 heavy (non-hydrogen) atoms. The summed E-state index contributed by atoms with van der Waals surface area (Å²) in [6.45, 7) is -1.46. The molecule has 2 N–H and O–H groups in total. The second-order valence-corrected chi connectivity index (χ2v) is 7.40. The van der Waals surface area contributed by atoms with Crippen molar-refractivity contribution in [3.05, 3.63) is 65.5 Å². The van der Waals surface area contributed by atoms with Crippen LogP contribution in [0.25, 0.3) is 11.1 Å². The van der Waals surface area contributed by atoms with Gasteiger partial charge in [-0.1, -0.05) is 18.2 Å². The molecule has 0 amide bonds. The highest BCUT2D eigenvalue weighted by Crippen LogP contribution is 2.38. The summed E-state index contributed by atoms with van der Waals surface area (Å²) in [7, 11) is 1.61. The third kappa shape index (κ3) is 5.11. The van der Waals surface area contributed by atoms with Crippen LogP contribution < -0.4 is 10.1 Å². The number of alkyl halides is 2. The Kier molecular flexibility index (Phi) is 7.21. The molecule has 1 aromatic carbocycles. The van der Waals surface area contributed by atoms with Crippen LogP contribution in [0.1, 0.15) is 16.7 Å². The molecule has 0 aliphatic carbocycles. The number of pyridine rings is 2. The molecule has 162 valence electrons. The van der Waals surface area contributed by atoms with E-state index in [1.165, 1.54) is 36.0 Å². The van der Waals surface area contributed by atoms with Gasteiger partial charge in [-0.3, -0.25) is 4.98 Å². The van der Waals surface area contributed by atoms with Crippen molar-refractivity contribution >= 4 is 17.6 Å². The van der Waals surface area contributed by atoms with Crippen molar-refractivity contribution in [3.63, 3.8) is 0 Å². The van der Waals surface area contributed by atoms with Gasteiger partial charge in [0.15, 0.2) is 0 Å². The van der Waals surface area contributed by atoms with Crippen LogP contribution in [0.3, 0.4) is 0 Å². The Bertz CT molecular complexity index is 1180. The second-order valence-electron chi connectivity index (χ2n) is 6.44. The number of nitrogens with zero attached hydrogens (tertiary/aromatic N) is 4. The average molecular weight is 453 g/mol. The smallest absolute Gasteiger partial charge is 0.421 e. The van der Waals surface area contributed by atoms with Crippen molar-refractivity contribution in [2.45, 2.75) is 16.9 Å². The summed E-state index contributed by atoms with van der Waals surface area (Å²) >= 11 is 1.32. The van der Waals surface area contributed by atoms with Crippen molar-refractivity contribution in [1.82, 2.24) is 9.97 Å². The van der Waals surface area contributed by atoms with Gasteiger partial charge in [0.2, 0.25) is 0 Å². The van der Waals surface area contributed by atoms with Crippen LogP contribution >= 0.6 is 11.8 Å². The molecular formula is C22H17F2N5O2S. The number of aliphatic hydroxyl groups excluding tert-OH is 1. The first-order chi connectivity index (χ1) is 15.4. The summed E-state index contributed by atoms with van der Waals surface area (Å²) in [4.78, 5) is 8.52. The van der Waals surface area contributed by atoms with E-state index in [2.05, 4.69) is 32.2 Å². The first kappa shape index (κ1) is 22.9. The van der Waals surface area contributed by atoms with E-state index >= 15 is 0 Å². The topological polar surface area (TPSA) is 115 Å². The normalized spacial score (nSPS) is 10.8. The second kappa shape index (κ2) is 10.1. The Balaban J connectivity index is 2.05. The van der Waals surface area contributed by atoms with Gasteiger partial charge in [-0.15, -0.1) is 11.8 Å². The van der Waals surface area contributed by atoms with Crippen molar-refractivity contribution in [1.29, 1.82) is 10.5 Å². The highest BCUT2D eigenvalue weighted by atomic mass is 32.2. The summed E-state index contributed by atoms with van der Waals surface area (Å²) < 4.78 is 31.1. The van der Waals surface area contributed by atoms with Crippen LogP contribution in [0.4, 0.5) is 14.6 Å². The summed E-state index contributed by atoms with van der Waals surface area (Å²) in [5.41, 5.74) is 2.09. The van der Waals surface area contributed by atoms with Crippen molar-refractivity contribution in [2.75, 3.05) is 19.0 Å². The standard InChI is InChI=1S/C22H17F2N5O2S/c1-27-20-17(9-25)19(15-4-6-16(7-5-15)31-22(23,24)13-30)18(10-26)21(29-20)32-12-14-3-2-8-28-11-14/h2-8,11,30H,12-13H2,1H3,(H,27,29). The zero-order valence-corrected chi connectivity index (χ0v) is 17.7. The predicted molar refractivity (Wildman–Crippen MR) is 115 cm³/mol. The number of ether oxygens (including phenoxy) is 1. The molecule has 3 aromatic rings. The Morgan fingerprint density at radius 3 is 2.44 bits per heavy atom. The van der Waals surface area contributed by atoms with Crippen LogP contribution in [-0.2, 0) is 5.75 Å². The van der Waals surface area contributed by atoms with Crippen molar-refractivity contribution in [3.8, 4) is 29.0 Å². The summed E-state index contributed by atoms with van der Waals surface area (Å²) in [5.74, 6) is 0.633. The maximum Gasteiger partial charge on any atom is 0.421 e. The largest absolute Gasteiger partial charge is 0.431 e. The molecule has 0 atom stereocenters.